The Morgan fingerprint density at radius 3 is 2.67 bits per heavy atom. The van der Waals surface area contributed by atoms with Gasteiger partial charge >= 0.3 is 5.97 Å². The number of benzene rings is 2. The van der Waals surface area contributed by atoms with Crippen molar-refractivity contribution in [2.45, 2.75) is 6.54 Å². The SMILES string of the molecule is COC(=O)c1cccc(NCc2ccc(OC)cc2O)c1. The maximum absolute atomic E-state index is 11.5. The molecule has 0 aliphatic heterocycles. The average molecular weight is 287 g/mol. The monoisotopic (exact) mass is 287 g/mol. The maximum Gasteiger partial charge on any atom is 0.337 e. The molecule has 0 radical (unpaired) electrons. The molecule has 0 saturated heterocycles. The summed E-state index contributed by atoms with van der Waals surface area (Å²) in [5.74, 6) is 0.376. The highest BCUT2D eigenvalue weighted by molar-refractivity contribution is 5.90. The molecule has 0 unspecified atom stereocenters. The summed E-state index contributed by atoms with van der Waals surface area (Å²) in [7, 11) is 2.89. The van der Waals surface area contributed by atoms with Crippen molar-refractivity contribution in [1.29, 1.82) is 0 Å². The molecule has 0 fully saturated rings. The smallest absolute Gasteiger partial charge is 0.337 e. The minimum atomic E-state index is -0.383. The summed E-state index contributed by atoms with van der Waals surface area (Å²) in [6.45, 7) is 0.431. The Kier molecular flexibility index (Phi) is 4.66. The van der Waals surface area contributed by atoms with Crippen molar-refractivity contribution in [3.8, 4) is 11.5 Å². The van der Waals surface area contributed by atoms with Crippen LogP contribution in [0.15, 0.2) is 42.5 Å². The topological polar surface area (TPSA) is 67.8 Å². The van der Waals surface area contributed by atoms with Crippen LogP contribution in [-0.2, 0) is 11.3 Å². The third-order valence-electron chi connectivity index (χ3n) is 3.06. The number of carbonyl (C=O) groups is 1. The highest BCUT2D eigenvalue weighted by atomic mass is 16.5. The van der Waals surface area contributed by atoms with Crippen LogP contribution >= 0.6 is 0 Å². The zero-order chi connectivity index (χ0) is 15.2. The zero-order valence-corrected chi connectivity index (χ0v) is 11.9. The van der Waals surface area contributed by atoms with E-state index in [1.54, 1.807) is 43.5 Å². The number of hydrogen-bond donors (Lipinski definition) is 2. The van der Waals surface area contributed by atoms with E-state index in [0.717, 1.165) is 11.3 Å². The van der Waals surface area contributed by atoms with Crippen LogP contribution in [0, 0.1) is 0 Å². The molecule has 0 aliphatic rings. The average Bonchev–Trinajstić information content (AvgIpc) is 2.53. The molecule has 0 bridgehead atoms. The summed E-state index contributed by atoms with van der Waals surface area (Å²) in [5.41, 5.74) is 1.98. The third-order valence-corrected chi connectivity index (χ3v) is 3.06. The molecule has 0 atom stereocenters. The largest absolute Gasteiger partial charge is 0.507 e. The summed E-state index contributed by atoms with van der Waals surface area (Å²) in [4.78, 5) is 11.5. The van der Waals surface area contributed by atoms with Crippen LogP contribution in [0.1, 0.15) is 15.9 Å². The molecule has 0 aliphatic carbocycles. The summed E-state index contributed by atoms with van der Waals surface area (Å²) < 4.78 is 9.71. The van der Waals surface area contributed by atoms with Crippen LogP contribution in [-0.4, -0.2) is 25.3 Å². The molecule has 0 saturated carbocycles. The minimum Gasteiger partial charge on any atom is -0.507 e. The van der Waals surface area contributed by atoms with Crippen molar-refractivity contribution < 1.29 is 19.4 Å². The number of esters is 1. The Morgan fingerprint density at radius 2 is 2.00 bits per heavy atom. The van der Waals surface area contributed by atoms with Gasteiger partial charge in [0.05, 0.1) is 19.8 Å². The van der Waals surface area contributed by atoms with Gasteiger partial charge in [0, 0.05) is 23.9 Å². The van der Waals surface area contributed by atoms with E-state index in [-0.39, 0.29) is 11.7 Å². The Morgan fingerprint density at radius 1 is 1.19 bits per heavy atom. The Balaban J connectivity index is 2.08. The zero-order valence-electron chi connectivity index (χ0n) is 11.9. The Hall–Kier alpha value is -2.69. The number of ether oxygens (including phenoxy) is 2. The highest BCUT2D eigenvalue weighted by Gasteiger charge is 2.06. The lowest BCUT2D eigenvalue weighted by Crippen LogP contribution is -2.04. The first-order chi connectivity index (χ1) is 10.1. The van der Waals surface area contributed by atoms with Gasteiger partial charge in [-0.05, 0) is 30.3 Å². The number of methoxy groups -OCH3 is 2. The van der Waals surface area contributed by atoms with Crippen LogP contribution in [0.3, 0.4) is 0 Å². The number of nitrogens with one attached hydrogen (secondary N) is 1. The molecule has 21 heavy (non-hydrogen) atoms. The van der Waals surface area contributed by atoms with Crippen molar-refractivity contribution in [3.63, 3.8) is 0 Å². The lowest BCUT2D eigenvalue weighted by atomic mass is 10.1. The quantitative estimate of drug-likeness (QED) is 0.828. The molecule has 0 aromatic heterocycles. The standard InChI is InChI=1S/C16H17NO4/c1-20-14-7-6-12(15(18)9-14)10-17-13-5-3-4-11(8-13)16(19)21-2/h3-9,17-18H,10H2,1-2H3. The van der Waals surface area contributed by atoms with Gasteiger partial charge in [-0.2, -0.15) is 0 Å². The van der Waals surface area contributed by atoms with E-state index >= 15 is 0 Å². The summed E-state index contributed by atoms with van der Waals surface area (Å²) in [6, 6.07) is 12.1. The van der Waals surface area contributed by atoms with Crippen molar-refractivity contribution in [2.24, 2.45) is 0 Å². The van der Waals surface area contributed by atoms with Gasteiger partial charge in [-0.25, -0.2) is 4.79 Å². The number of carbonyl (C=O) groups excluding carboxylic acids is 1. The highest BCUT2D eigenvalue weighted by Crippen LogP contribution is 2.24. The van der Waals surface area contributed by atoms with E-state index in [1.165, 1.54) is 7.11 Å². The van der Waals surface area contributed by atoms with E-state index < -0.39 is 0 Å². The molecule has 0 heterocycles. The fourth-order valence-corrected chi connectivity index (χ4v) is 1.89. The van der Waals surface area contributed by atoms with Crippen LogP contribution in [0.5, 0.6) is 11.5 Å². The normalized spacial score (nSPS) is 10.0. The predicted octanol–water partition coefficient (Wildman–Crippen LogP) is 2.80. The van der Waals surface area contributed by atoms with Gasteiger partial charge in [0.15, 0.2) is 0 Å². The van der Waals surface area contributed by atoms with Gasteiger partial charge in [0.1, 0.15) is 11.5 Å². The van der Waals surface area contributed by atoms with E-state index in [1.807, 2.05) is 6.07 Å². The number of rotatable bonds is 5. The van der Waals surface area contributed by atoms with Crippen molar-refractivity contribution in [3.05, 3.63) is 53.6 Å². The molecule has 5 nitrogen and oxygen atoms in total. The molecular formula is C16H17NO4. The van der Waals surface area contributed by atoms with Crippen molar-refractivity contribution in [1.82, 2.24) is 0 Å². The van der Waals surface area contributed by atoms with E-state index in [4.69, 9.17) is 4.74 Å². The van der Waals surface area contributed by atoms with Crippen molar-refractivity contribution >= 4 is 11.7 Å². The van der Waals surface area contributed by atoms with Gasteiger partial charge < -0.3 is 19.9 Å². The summed E-state index contributed by atoms with van der Waals surface area (Å²) >= 11 is 0. The molecule has 0 amide bonds. The van der Waals surface area contributed by atoms with Crippen LogP contribution in [0.4, 0.5) is 5.69 Å². The fraction of sp³-hybridized carbons (Fsp3) is 0.188. The molecule has 2 N–H and O–H groups in total. The van der Waals surface area contributed by atoms with Gasteiger partial charge in [-0.3, -0.25) is 0 Å². The van der Waals surface area contributed by atoms with E-state index in [9.17, 15) is 9.90 Å². The maximum atomic E-state index is 11.5. The molecule has 110 valence electrons. The van der Waals surface area contributed by atoms with Crippen LogP contribution in [0.2, 0.25) is 0 Å². The van der Waals surface area contributed by atoms with E-state index in [0.29, 0.717) is 17.9 Å². The molecular weight excluding hydrogens is 270 g/mol. The molecule has 2 rings (SSSR count). The predicted molar refractivity (Wildman–Crippen MR) is 79.8 cm³/mol. The second kappa shape index (κ2) is 6.65. The Labute approximate surface area is 123 Å². The van der Waals surface area contributed by atoms with Crippen molar-refractivity contribution in [2.75, 3.05) is 19.5 Å². The van der Waals surface area contributed by atoms with Gasteiger partial charge in [-0.15, -0.1) is 0 Å². The number of anilines is 1. The van der Waals surface area contributed by atoms with Gasteiger partial charge in [-0.1, -0.05) is 6.07 Å². The first-order valence-electron chi connectivity index (χ1n) is 6.42. The molecule has 5 heteroatoms. The molecule has 2 aromatic carbocycles. The first-order valence-corrected chi connectivity index (χ1v) is 6.42. The number of phenolic OH excluding ortho intramolecular Hbond substituents is 1. The Bertz CT molecular complexity index is 640. The van der Waals surface area contributed by atoms with Gasteiger partial charge in [0.2, 0.25) is 0 Å². The lowest BCUT2D eigenvalue weighted by Gasteiger charge is -2.10. The van der Waals surface area contributed by atoms with E-state index in [2.05, 4.69) is 10.1 Å². The minimum absolute atomic E-state index is 0.158. The second-order valence-corrected chi connectivity index (χ2v) is 4.42. The van der Waals surface area contributed by atoms with Crippen LogP contribution < -0.4 is 10.1 Å². The van der Waals surface area contributed by atoms with Crippen LogP contribution in [0.25, 0.3) is 0 Å². The van der Waals surface area contributed by atoms with Gasteiger partial charge in [0.25, 0.3) is 0 Å². The fourth-order valence-electron chi connectivity index (χ4n) is 1.89. The third kappa shape index (κ3) is 3.66. The number of hydrogen-bond acceptors (Lipinski definition) is 5. The number of aromatic hydroxyl groups is 1. The lowest BCUT2D eigenvalue weighted by molar-refractivity contribution is 0.0601. The molecule has 0 spiro atoms. The first kappa shape index (κ1) is 14.7. The summed E-state index contributed by atoms with van der Waals surface area (Å²) in [5, 5.41) is 13.0. The second-order valence-electron chi connectivity index (χ2n) is 4.42. The number of phenols is 1. The molecule has 2 aromatic rings. The summed E-state index contributed by atoms with van der Waals surface area (Å²) in [6.07, 6.45) is 0.